The lowest BCUT2D eigenvalue weighted by molar-refractivity contribution is -0.140. The van der Waals surface area contributed by atoms with Crippen molar-refractivity contribution in [3.05, 3.63) is 57.9 Å². The van der Waals surface area contributed by atoms with E-state index in [1.807, 2.05) is 41.0 Å². The number of anilines is 2. The molecule has 1 atom stereocenters. The van der Waals surface area contributed by atoms with Crippen molar-refractivity contribution in [1.29, 1.82) is 0 Å². The van der Waals surface area contributed by atoms with Crippen LogP contribution in [0.25, 0.3) is 0 Å². The zero-order chi connectivity index (χ0) is 23.3. The number of halogens is 2. The molecular formula is C25H25ClFN3O3. The number of benzene rings is 2. The molecule has 0 radical (unpaired) electrons. The van der Waals surface area contributed by atoms with Gasteiger partial charge >= 0.3 is 5.97 Å². The predicted molar refractivity (Wildman–Crippen MR) is 127 cm³/mol. The summed E-state index contributed by atoms with van der Waals surface area (Å²) in [4.78, 5) is 34.2. The number of carbonyl (C=O) groups is 2. The van der Waals surface area contributed by atoms with E-state index in [1.54, 1.807) is 0 Å². The predicted octanol–water partition coefficient (Wildman–Crippen LogP) is 4.50. The van der Waals surface area contributed by atoms with Gasteiger partial charge in [0.05, 0.1) is 22.9 Å². The van der Waals surface area contributed by atoms with Gasteiger partial charge in [-0.05, 0) is 44.2 Å². The SMILES string of the molecule is Cc1ccc(C=NC2(C(=O)O)CN(C3CC3)c3c(cc(F)c(N4CCCC4)c3Cl)C2=O)cc1. The van der Waals surface area contributed by atoms with Crippen LogP contribution in [0.1, 0.15) is 47.2 Å². The van der Waals surface area contributed by atoms with Crippen molar-refractivity contribution in [2.45, 2.75) is 44.2 Å². The summed E-state index contributed by atoms with van der Waals surface area (Å²) >= 11 is 6.74. The molecule has 8 heteroatoms. The van der Waals surface area contributed by atoms with Crippen LogP contribution in [0.4, 0.5) is 15.8 Å². The van der Waals surface area contributed by atoms with Crippen molar-refractivity contribution in [2.24, 2.45) is 4.99 Å². The third-order valence-corrected chi connectivity index (χ3v) is 7.11. The van der Waals surface area contributed by atoms with Gasteiger partial charge in [-0.15, -0.1) is 0 Å². The first kappa shape index (κ1) is 21.9. The topological polar surface area (TPSA) is 73.2 Å². The fourth-order valence-electron chi connectivity index (χ4n) is 4.76. The van der Waals surface area contributed by atoms with Crippen molar-refractivity contribution in [1.82, 2.24) is 0 Å². The van der Waals surface area contributed by atoms with E-state index in [9.17, 15) is 14.7 Å². The molecule has 2 fully saturated rings. The number of hydrogen-bond donors (Lipinski definition) is 1. The molecule has 2 aliphatic heterocycles. The maximum Gasteiger partial charge on any atom is 0.341 e. The zero-order valence-electron chi connectivity index (χ0n) is 18.4. The molecule has 1 unspecified atom stereocenters. The number of nitrogens with zero attached hydrogens (tertiary/aromatic N) is 3. The minimum atomic E-state index is -2.06. The van der Waals surface area contributed by atoms with Crippen molar-refractivity contribution < 1.29 is 19.1 Å². The van der Waals surface area contributed by atoms with Gasteiger partial charge in [0.25, 0.3) is 0 Å². The second-order valence-corrected chi connectivity index (χ2v) is 9.51. The maximum absolute atomic E-state index is 15.3. The Bertz CT molecular complexity index is 1160. The molecule has 33 heavy (non-hydrogen) atoms. The van der Waals surface area contributed by atoms with Crippen LogP contribution in [0, 0.1) is 12.7 Å². The van der Waals surface area contributed by atoms with Gasteiger partial charge in [-0.3, -0.25) is 9.79 Å². The van der Waals surface area contributed by atoms with Gasteiger partial charge in [0.2, 0.25) is 11.3 Å². The van der Waals surface area contributed by atoms with Crippen LogP contribution in [-0.2, 0) is 4.79 Å². The maximum atomic E-state index is 15.3. The number of hydrogen-bond acceptors (Lipinski definition) is 5. The largest absolute Gasteiger partial charge is 0.479 e. The van der Waals surface area contributed by atoms with Crippen molar-refractivity contribution in [3.8, 4) is 0 Å². The molecule has 0 spiro atoms. The van der Waals surface area contributed by atoms with Gasteiger partial charge in [-0.2, -0.15) is 0 Å². The lowest BCUT2D eigenvalue weighted by atomic mass is 9.83. The average molecular weight is 470 g/mol. The van der Waals surface area contributed by atoms with Crippen molar-refractivity contribution >= 4 is 40.9 Å². The minimum absolute atomic E-state index is 0.0120. The highest BCUT2D eigenvalue weighted by molar-refractivity contribution is 6.38. The first-order chi connectivity index (χ1) is 15.8. The summed E-state index contributed by atoms with van der Waals surface area (Å²) in [5.41, 5.74) is 0.410. The van der Waals surface area contributed by atoms with E-state index in [-0.39, 0.29) is 23.2 Å². The minimum Gasteiger partial charge on any atom is -0.479 e. The van der Waals surface area contributed by atoms with Gasteiger partial charge < -0.3 is 14.9 Å². The fourth-order valence-corrected chi connectivity index (χ4v) is 5.18. The highest BCUT2D eigenvalue weighted by Gasteiger charge is 2.55. The van der Waals surface area contributed by atoms with E-state index in [4.69, 9.17) is 11.6 Å². The number of rotatable bonds is 5. The number of carboxylic acids is 1. The number of Topliss-reactive ketones (excluding diaryl/α,β-unsaturated/α-hetero) is 1. The summed E-state index contributed by atoms with van der Waals surface area (Å²) in [5.74, 6) is -2.69. The van der Waals surface area contributed by atoms with Crippen LogP contribution in [0.15, 0.2) is 35.3 Å². The highest BCUT2D eigenvalue weighted by Crippen LogP contribution is 2.49. The number of aryl methyl sites for hydroxylation is 1. The molecule has 6 nitrogen and oxygen atoms in total. The van der Waals surface area contributed by atoms with E-state index in [0.29, 0.717) is 30.0 Å². The van der Waals surface area contributed by atoms with Crippen LogP contribution < -0.4 is 9.80 Å². The Labute approximate surface area is 196 Å². The van der Waals surface area contributed by atoms with Gasteiger partial charge in [0, 0.05) is 30.9 Å². The van der Waals surface area contributed by atoms with Gasteiger partial charge in [0.1, 0.15) is 5.82 Å². The fraction of sp³-hybridized carbons (Fsp3) is 0.400. The molecule has 1 saturated carbocycles. The van der Waals surface area contributed by atoms with E-state index >= 15 is 4.39 Å². The quantitative estimate of drug-likeness (QED) is 0.515. The lowest BCUT2D eigenvalue weighted by Crippen LogP contribution is -2.58. The molecule has 1 saturated heterocycles. The number of carboxylic acid groups (broad SMARTS) is 1. The number of aliphatic imine (C=N–C) groups is 1. The summed E-state index contributed by atoms with van der Waals surface area (Å²) in [5, 5.41) is 10.4. The normalized spacial score (nSPS) is 22.8. The Morgan fingerprint density at radius 3 is 2.48 bits per heavy atom. The van der Waals surface area contributed by atoms with Gasteiger partial charge in [-0.1, -0.05) is 41.4 Å². The first-order valence-corrected chi connectivity index (χ1v) is 11.6. The molecule has 0 aromatic heterocycles. The third kappa shape index (κ3) is 3.68. The molecule has 3 aliphatic rings. The van der Waals surface area contributed by atoms with Crippen LogP contribution in [0.2, 0.25) is 5.02 Å². The van der Waals surface area contributed by atoms with Crippen molar-refractivity contribution in [3.63, 3.8) is 0 Å². The summed E-state index contributed by atoms with van der Waals surface area (Å²) in [6.07, 6.45) is 5.04. The van der Waals surface area contributed by atoms with Crippen LogP contribution >= 0.6 is 11.6 Å². The molecule has 2 aromatic carbocycles. The summed E-state index contributed by atoms with van der Waals surface area (Å²) in [6.45, 7) is 3.22. The van der Waals surface area contributed by atoms with E-state index in [2.05, 4.69) is 4.99 Å². The van der Waals surface area contributed by atoms with Crippen LogP contribution in [-0.4, -0.2) is 54.3 Å². The Balaban J connectivity index is 1.63. The Morgan fingerprint density at radius 2 is 1.88 bits per heavy atom. The molecule has 2 aromatic rings. The summed E-state index contributed by atoms with van der Waals surface area (Å²) < 4.78 is 15.3. The van der Waals surface area contributed by atoms with Gasteiger partial charge in [-0.25, -0.2) is 9.18 Å². The lowest BCUT2D eigenvalue weighted by Gasteiger charge is -2.40. The standard InChI is InChI=1S/C25H25ClFN3O3/c1-15-4-6-16(7-5-15)13-28-25(24(32)33)14-30(17-8-9-17)21-18(23(25)31)12-19(27)22(20(21)26)29-10-2-3-11-29/h4-7,12-13,17H,2-3,8-11,14H2,1H3,(H,32,33). The monoisotopic (exact) mass is 469 g/mol. The molecule has 172 valence electrons. The first-order valence-electron chi connectivity index (χ1n) is 11.3. The Morgan fingerprint density at radius 1 is 1.21 bits per heavy atom. The van der Waals surface area contributed by atoms with Crippen molar-refractivity contribution in [2.75, 3.05) is 29.4 Å². The molecular weight excluding hydrogens is 445 g/mol. The molecule has 0 amide bonds. The smallest absolute Gasteiger partial charge is 0.341 e. The second kappa shape index (κ2) is 8.13. The van der Waals surface area contributed by atoms with E-state index < -0.39 is 23.1 Å². The van der Waals surface area contributed by atoms with Gasteiger partial charge in [0.15, 0.2) is 0 Å². The molecule has 0 bridgehead atoms. The van der Waals surface area contributed by atoms with Crippen LogP contribution in [0.5, 0.6) is 0 Å². The summed E-state index contributed by atoms with van der Waals surface area (Å²) in [7, 11) is 0. The van der Waals surface area contributed by atoms with E-state index in [1.165, 1.54) is 6.21 Å². The molecule has 2 heterocycles. The third-order valence-electron chi connectivity index (χ3n) is 6.75. The summed E-state index contributed by atoms with van der Waals surface area (Å²) in [6, 6.07) is 8.61. The average Bonchev–Trinajstić information content (AvgIpc) is 3.50. The number of fused-ring (bicyclic) bond motifs is 1. The van der Waals surface area contributed by atoms with E-state index in [0.717, 1.165) is 37.3 Å². The van der Waals surface area contributed by atoms with Crippen LogP contribution in [0.3, 0.4) is 0 Å². The Kier molecular flexibility index (Phi) is 5.40. The molecule has 5 rings (SSSR count). The number of carbonyl (C=O) groups excluding carboxylic acids is 1. The number of aliphatic carboxylic acids is 1. The Hall–Kier alpha value is -2.93. The molecule has 1 aliphatic carbocycles. The molecule has 1 N–H and O–H groups in total. The highest BCUT2D eigenvalue weighted by atomic mass is 35.5. The second-order valence-electron chi connectivity index (χ2n) is 9.13. The number of ketones is 1. The zero-order valence-corrected chi connectivity index (χ0v) is 19.1.